The first kappa shape index (κ1) is 29.0. The van der Waals surface area contributed by atoms with Gasteiger partial charge in [-0.1, -0.05) is 48.2 Å². The van der Waals surface area contributed by atoms with Crippen LogP contribution in [-0.4, -0.2) is 67.6 Å². The van der Waals surface area contributed by atoms with E-state index in [4.69, 9.17) is 9.47 Å². The third-order valence-corrected chi connectivity index (χ3v) is 7.91. The number of likely N-dealkylation sites (tertiary alicyclic amines) is 1. The van der Waals surface area contributed by atoms with Gasteiger partial charge in [0.15, 0.2) is 11.4 Å². The summed E-state index contributed by atoms with van der Waals surface area (Å²) in [5.41, 5.74) is 2.62. The fourth-order valence-corrected chi connectivity index (χ4v) is 5.69. The van der Waals surface area contributed by atoms with Crippen LogP contribution in [0.3, 0.4) is 0 Å². The van der Waals surface area contributed by atoms with Gasteiger partial charge in [0.05, 0.1) is 18.8 Å². The summed E-state index contributed by atoms with van der Waals surface area (Å²) in [6.07, 6.45) is -4.01. The van der Waals surface area contributed by atoms with Crippen LogP contribution in [0.4, 0.5) is 18.9 Å². The van der Waals surface area contributed by atoms with E-state index in [2.05, 4.69) is 20.5 Å². The maximum atomic E-state index is 13.0. The molecule has 0 saturated carbocycles. The number of aliphatic hydroxyl groups is 1. The number of rotatable bonds is 8. The molecule has 0 spiro atoms. The van der Waals surface area contributed by atoms with Crippen LogP contribution in [0.2, 0.25) is 0 Å². The fraction of sp³-hybridized carbons (Fsp3) is 0.407. The van der Waals surface area contributed by atoms with Gasteiger partial charge in [-0.05, 0) is 36.1 Å². The van der Waals surface area contributed by atoms with E-state index in [9.17, 15) is 27.9 Å². The third-order valence-electron chi connectivity index (χ3n) is 6.90. The molecule has 2 aliphatic heterocycles. The first-order valence-corrected chi connectivity index (χ1v) is 14.0. The zero-order chi connectivity index (χ0) is 29.0. The predicted octanol–water partition coefficient (Wildman–Crippen LogP) is 4.13. The Hall–Kier alpha value is -3.46. The van der Waals surface area contributed by atoms with Crippen LogP contribution < -0.4 is 5.32 Å². The average Bonchev–Trinajstić information content (AvgIpc) is 3.68. The number of aromatic amines is 1. The lowest BCUT2D eigenvalue weighted by Gasteiger charge is -2.36. The molecule has 41 heavy (non-hydrogen) atoms. The number of carbonyl (C=O) groups excluding carboxylic acids is 2. The highest BCUT2D eigenvalue weighted by Crippen LogP contribution is 2.39. The quantitative estimate of drug-likeness (QED) is 0.334. The van der Waals surface area contributed by atoms with E-state index >= 15 is 0 Å². The second-order valence-corrected chi connectivity index (χ2v) is 10.7. The number of aliphatic hydroxyl groups excluding tert-OH is 1. The first-order valence-electron chi connectivity index (χ1n) is 13.0. The van der Waals surface area contributed by atoms with E-state index in [1.165, 1.54) is 18.1 Å². The molecule has 0 aliphatic carbocycles. The number of halogens is 3. The van der Waals surface area contributed by atoms with Crippen molar-refractivity contribution in [3.63, 3.8) is 0 Å². The van der Waals surface area contributed by atoms with Crippen molar-refractivity contribution in [2.75, 3.05) is 17.6 Å². The van der Waals surface area contributed by atoms with E-state index in [-0.39, 0.29) is 31.8 Å². The van der Waals surface area contributed by atoms with Crippen LogP contribution in [0.15, 0.2) is 60.0 Å². The van der Waals surface area contributed by atoms with Crippen LogP contribution in [0, 0.1) is 0 Å². The van der Waals surface area contributed by atoms with Gasteiger partial charge in [0.1, 0.15) is 12.4 Å². The highest BCUT2D eigenvalue weighted by Gasteiger charge is 2.47. The van der Waals surface area contributed by atoms with Crippen LogP contribution in [0.25, 0.3) is 0 Å². The predicted molar refractivity (Wildman–Crippen MR) is 141 cm³/mol. The molecular formula is C27H28F3N5O5S. The van der Waals surface area contributed by atoms with E-state index in [0.29, 0.717) is 39.9 Å². The van der Waals surface area contributed by atoms with Gasteiger partial charge >= 0.3 is 12.1 Å². The molecule has 3 N–H and O–H groups in total. The number of thioether (sulfide) groups is 1. The van der Waals surface area contributed by atoms with E-state index < -0.39 is 30.3 Å². The van der Waals surface area contributed by atoms with E-state index in [1.54, 1.807) is 24.3 Å². The second-order valence-electron chi connectivity index (χ2n) is 9.72. The van der Waals surface area contributed by atoms with Gasteiger partial charge in [-0.15, -0.1) is 0 Å². The molecular weight excluding hydrogens is 563 g/mol. The Balaban J connectivity index is 1.32. The van der Waals surface area contributed by atoms with Gasteiger partial charge in [-0.2, -0.15) is 18.3 Å². The van der Waals surface area contributed by atoms with Crippen LogP contribution >= 0.6 is 11.8 Å². The van der Waals surface area contributed by atoms with Crippen molar-refractivity contribution in [2.24, 2.45) is 0 Å². The highest BCUT2D eigenvalue weighted by atomic mass is 32.2. The molecule has 218 valence electrons. The number of hydrogen-bond donors (Lipinski definition) is 3. The molecule has 2 amide bonds. The molecule has 3 aromatic rings. The van der Waals surface area contributed by atoms with Crippen LogP contribution in [0.1, 0.15) is 48.3 Å². The Morgan fingerprint density at radius 3 is 2.66 bits per heavy atom. The minimum atomic E-state index is -5.05. The Morgan fingerprint density at radius 1 is 1.15 bits per heavy atom. The van der Waals surface area contributed by atoms with E-state index in [1.807, 2.05) is 24.3 Å². The summed E-state index contributed by atoms with van der Waals surface area (Å²) in [7, 11) is 0. The molecule has 10 nitrogen and oxygen atoms in total. The summed E-state index contributed by atoms with van der Waals surface area (Å²) in [6.45, 7) is -0.205. The number of ether oxygens (including phenoxy) is 2. The standard InChI is InChI=1S/C27H28F3N5O5S/c28-27(29,30)25(38)35-10-2-5-21(35)23(37)33-19-4-1-3-18(11-19)24-39-20(14-41-26-31-15-32-34-26)12-22(40-24)17-8-6-16(13-36)7-9-17/h1,3-4,6-9,11,15,20-22,24,36H,2,5,10,12-14H2,(H,33,37)(H,31,32,34)/t20-,21+,22+,24+/m1/s1. The van der Waals surface area contributed by atoms with E-state index in [0.717, 1.165) is 11.1 Å². The summed E-state index contributed by atoms with van der Waals surface area (Å²) >= 11 is 1.45. The number of hydrogen-bond acceptors (Lipinski definition) is 8. The van der Waals surface area contributed by atoms with Crippen LogP contribution in [0.5, 0.6) is 0 Å². The summed E-state index contributed by atoms with van der Waals surface area (Å²) < 4.78 is 51.6. The third kappa shape index (κ3) is 7.07. The number of aromatic nitrogens is 3. The lowest BCUT2D eigenvalue weighted by molar-refractivity contribution is -0.245. The molecule has 0 unspecified atom stereocenters. The zero-order valence-electron chi connectivity index (χ0n) is 21.7. The monoisotopic (exact) mass is 591 g/mol. The molecule has 2 fully saturated rings. The number of carbonyl (C=O) groups is 2. The molecule has 2 aliphatic rings. The number of alkyl halides is 3. The molecule has 14 heteroatoms. The molecule has 5 rings (SSSR count). The van der Waals surface area contributed by atoms with Gasteiger partial charge in [-0.25, -0.2) is 4.98 Å². The average molecular weight is 592 g/mol. The smallest absolute Gasteiger partial charge is 0.392 e. The molecule has 0 radical (unpaired) electrons. The maximum Gasteiger partial charge on any atom is 0.471 e. The number of amides is 2. The zero-order valence-corrected chi connectivity index (χ0v) is 22.5. The number of H-pyrrole nitrogens is 1. The molecule has 1 aromatic heterocycles. The van der Waals surface area contributed by atoms with Crippen LogP contribution in [-0.2, 0) is 25.7 Å². The van der Waals surface area contributed by atoms with Gasteiger partial charge in [-0.3, -0.25) is 14.7 Å². The number of benzene rings is 2. The lowest BCUT2D eigenvalue weighted by Crippen LogP contribution is -2.48. The summed E-state index contributed by atoms with van der Waals surface area (Å²) in [4.78, 5) is 29.4. The van der Waals surface area contributed by atoms with Gasteiger partial charge in [0.25, 0.3) is 0 Å². The maximum absolute atomic E-state index is 13.0. The Bertz CT molecular complexity index is 1340. The van der Waals surface area contributed by atoms with Crippen molar-refractivity contribution in [3.8, 4) is 0 Å². The Kier molecular flexibility index (Phi) is 8.92. The minimum Gasteiger partial charge on any atom is -0.392 e. The normalized spacial score (nSPS) is 23.0. The number of nitrogens with zero attached hydrogens (tertiary/aromatic N) is 3. The topological polar surface area (TPSA) is 130 Å². The largest absolute Gasteiger partial charge is 0.471 e. The second kappa shape index (κ2) is 12.6. The number of anilines is 1. The molecule has 4 atom stereocenters. The van der Waals surface area contributed by atoms with Crippen molar-refractivity contribution in [2.45, 2.75) is 61.7 Å². The first-order chi connectivity index (χ1) is 19.7. The fourth-order valence-electron chi connectivity index (χ4n) is 4.89. The van der Waals surface area contributed by atoms with Gasteiger partial charge in [0.2, 0.25) is 5.91 Å². The van der Waals surface area contributed by atoms with Crippen molar-refractivity contribution in [3.05, 3.63) is 71.5 Å². The Morgan fingerprint density at radius 2 is 1.95 bits per heavy atom. The molecule has 2 saturated heterocycles. The van der Waals surface area contributed by atoms with Crippen molar-refractivity contribution in [1.82, 2.24) is 20.1 Å². The minimum absolute atomic E-state index is 0.0739. The molecule has 2 aromatic carbocycles. The molecule has 0 bridgehead atoms. The molecule has 3 heterocycles. The summed E-state index contributed by atoms with van der Waals surface area (Å²) in [6, 6.07) is 12.9. The van der Waals surface area contributed by atoms with Crippen molar-refractivity contribution >= 4 is 29.3 Å². The van der Waals surface area contributed by atoms with Crippen molar-refractivity contribution in [1.29, 1.82) is 0 Å². The SMILES string of the molecule is O=C(Nc1cccc([C@H]2O[C@@H](CSc3ncn[nH]3)C[C@@H](c3ccc(CO)cc3)O2)c1)[C@@H]1CCCN1C(=O)C(F)(F)F. The number of nitrogens with one attached hydrogen (secondary N) is 2. The Labute approximate surface area is 237 Å². The summed E-state index contributed by atoms with van der Waals surface area (Å²) in [5.74, 6) is -2.15. The van der Waals surface area contributed by atoms with Gasteiger partial charge < -0.3 is 24.8 Å². The van der Waals surface area contributed by atoms with Gasteiger partial charge in [0, 0.05) is 30.0 Å². The van der Waals surface area contributed by atoms with Crippen molar-refractivity contribution < 1.29 is 37.3 Å². The lowest BCUT2D eigenvalue weighted by atomic mass is 10.0. The summed E-state index contributed by atoms with van der Waals surface area (Å²) in [5, 5.41) is 19.4. The highest BCUT2D eigenvalue weighted by molar-refractivity contribution is 7.99.